The smallest absolute Gasteiger partial charge is 0.229 e. The molecule has 0 fully saturated rings. The van der Waals surface area contributed by atoms with Gasteiger partial charge in [-0.1, -0.05) is 18.2 Å². The number of imidazole rings is 1. The third-order valence-corrected chi connectivity index (χ3v) is 7.23. The SMILES string of the molecule is O=C(Cc1ccc2c(c1)OCCO2)Nc1sc2c(c1-c1nc3ccccc3[nH]1)CCCC2. The molecule has 6 rings (SSSR count). The number of hydrogen-bond acceptors (Lipinski definition) is 5. The van der Waals surface area contributed by atoms with Crippen LogP contribution in [0.4, 0.5) is 5.00 Å². The van der Waals surface area contributed by atoms with Gasteiger partial charge in [-0.05, 0) is 61.1 Å². The van der Waals surface area contributed by atoms with E-state index >= 15 is 0 Å². The highest BCUT2D eigenvalue weighted by Gasteiger charge is 2.25. The number of hydrogen-bond donors (Lipinski definition) is 2. The van der Waals surface area contributed by atoms with Gasteiger partial charge < -0.3 is 19.8 Å². The number of fused-ring (bicyclic) bond motifs is 3. The minimum atomic E-state index is -0.0439. The summed E-state index contributed by atoms with van der Waals surface area (Å²) in [5.74, 6) is 2.23. The largest absolute Gasteiger partial charge is 0.486 e. The number of ether oxygens (including phenoxy) is 2. The van der Waals surface area contributed by atoms with Crippen molar-refractivity contribution in [1.82, 2.24) is 9.97 Å². The van der Waals surface area contributed by atoms with Crippen molar-refractivity contribution in [1.29, 1.82) is 0 Å². The molecule has 2 N–H and O–H groups in total. The number of benzene rings is 2. The molecule has 0 saturated heterocycles. The summed E-state index contributed by atoms with van der Waals surface area (Å²) in [7, 11) is 0. The van der Waals surface area contributed by atoms with Crippen LogP contribution in [0.3, 0.4) is 0 Å². The van der Waals surface area contributed by atoms with Crippen LogP contribution in [0.5, 0.6) is 11.5 Å². The van der Waals surface area contributed by atoms with Crippen LogP contribution < -0.4 is 14.8 Å². The van der Waals surface area contributed by atoms with Crippen molar-refractivity contribution in [3.8, 4) is 22.9 Å². The Morgan fingerprint density at radius 1 is 1.06 bits per heavy atom. The van der Waals surface area contributed by atoms with Gasteiger partial charge in [0.2, 0.25) is 5.91 Å². The molecule has 0 atom stereocenters. The molecule has 0 bridgehead atoms. The number of para-hydroxylation sites is 2. The number of nitrogens with zero attached hydrogens (tertiary/aromatic N) is 1. The van der Waals surface area contributed by atoms with E-state index in [1.807, 2.05) is 42.5 Å². The number of nitrogens with one attached hydrogen (secondary N) is 2. The summed E-state index contributed by atoms with van der Waals surface area (Å²) in [5.41, 5.74) is 5.23. The summed E-state index contributed by atoms with van der Waals surface area (Å²) in [6.45, 7) is 1.09. The van der Waals surface area contributed by atoms with E-state index in [1.165, 1.54) is 23.3 Å². The van der Waals surface area contributed by atoms with E-state index in [1.54, 1.807) is 11.3 Å². The Labute approximate surface area is 189 Å². The summed E-state index contributed by atoms with van der Waals surface area (Å²) >= 11 is 1.69. The van der Waals surface area contributed by atoms with Gasteiger partial charge in [-0.25, -0.2) is 4.98 Å². The zero-order chi connectivity index (χ0) is 21.5. The van der Waals surface area contributed by atoms with Gasteiger partial charge >= 0.3 is 0 Å². The number of aromatic amines is 1. The van der Waals surface area contributed by atoms with Crippen LogP contribution in [0.25, 0.3) is 22.4 Å². The Bertz CT molecular complexity index is 1290. The Morgan fingerprint density at radius 3 is 2.81 bits per heavy atom. The number of aryl methyl sites for hydroxylation is 1. The van der Waals surface area contributed by atoms with Gasteiger partial charge in [0.1, 0.15) is 24.0 Å². The lowest BCUT2D eigenvalue weighted by Crippen LogP contribution is -2.17. The summed E-state index contributed by atoms with van der Waals surface area (Å²) in [5, 5.41) is 4.07. The molecule has 32 heavy (non-hydrogen) atoms. The monoisotopic (exact) mass is 445 g/mol. The molecular formula is C25H23N3O3S. The van der Waals surface area contributed by atoms with Crippen molar-refractivity contribution in [3.63, 3.8) is 0 Å². The van der Waals surface area contributed by atoms with Crippen LogP contribution in [-0.2, 0) is 24.1 Å². The summed E-state index contributed by atoms with van der Waals surface area (Å²) in [4.78, 5) is 22.7. The maximum Gasteiger partial charge on any atom is 0.229 e. The number of aromatic nitrogens is 2. The van der Waals surface area contributed by atoms with Gasteiger partial charge in [-0.3, -0.25) is 4.79 Å². The molecule has 1 aliphatic carbocycles. The highest BCUT2D eigenvalue weighted by Crippen LogP contribution is 2.43. The van der Waals surface area contributed by atoms with E-state index in [-0.39, 0.29) is 12.3 Å². The number of carbonyl (C=O) groups excluding carboxylic acids is 1. The molecule has 2 aliphatic rings. The van der Waals surface area contributed by atoms with Gasteiger partial charge in [0, 0.05) is 4.88 Å². The van der Waals surface area contributed by atoms with E-state index in [0.717, 1.165) is 51.6 Å². The molecule has 2 aromatic heterocycles. The molecule has 0 saturated carbocycles. The fourth-order valence-corrected chi connectivity index (χ4v) is 5.84. The first-order valence-electron chi connectivity index (χ1n) is 11.0. The lowest BCUT2D eigenvalue weighted by atomic mass is 9.95. The van der Waals surface area contributed by atoms with Gasteiger partial charge in [0.25, 0.3) is 0 Å². The van der Waals surface area contributed by atoms with Crippen molar-refractivity contribution in [2.75, 3.05) is 18.5 Å². The molecular weight excluding hydrogens is 422 g/mol. The van der Waals surface area contributed by atoms with E-state index in [4.69, 9.17) is 14.5 Å². The first-order chi connectivity index (χ1) is 15.7. The standard InChI is InChI=1S/C25H23N3O3S/c29-22(14-15-9-10-19-20(13-15)31-12-11-30-19)28-25-23(16-5-1-4-8-21(16)32-25)24-26-17-6-2-3-7-18(17)27-24/h2-3,6-7,9-10,13H,1,4-5,8,11-12,14H2,(H,26,27)(H,28,29). The molecule has 4 aromatic rings. The van der Waals surface area contributed by atoms with Crippen LogP contribution in [0.15, 0.2) is 42.5 Å². The fraction of sp³-hybridized carbons (Fsp3) is 0.280. The Kier molecular flexibility index (Phi) is 4.83. The molecule has 1 aliphatic heterocycles. The van der Waals surface area contributed by atoms with Crippen molar-refractivity contribution in [2.45, 2.75) is 32.1 Å². The average molecular weight is 446 g/mol. The molecule has 1 amide bonds. The molecule has 7 heteroatoms. The number of H-pyrrole nitrogens is 1. The van der Waals surface area contributed by atoms with Crippen LogP contribution in [0.2, 0.25) is 0 Å². The molecule has 3 heterocycles. The highest BCUT2D eigenvalue weighted by molar-refractivity contribution is 7.17. The maximum atomic E-state index is 13.0. The summed E-state index contributed by atoms with van der Waals surface area (Å²) in [6, 6.07) is 13.7. The average Bonchev–Trinajstić information content (AvgIpc) is 3.39. The van der Waals surface area contributed by atoms with Crippen LogP contribution in [-0.4, -0.2) is 29.1 Å². The van der Waals surface area contributed by atoms with Gasteiger partial charge in [0.15, 0.2) is 11.5 Å². The Balaban J connectivity index is 1.31. The van der Waals surface area contributed by atoms with E-state index in [2.05, 4.69) is 10.3 Å². The quantitative estimate of drug-likeness (QED) is 0.457. The minimum absolute atomic E-state index is 0.0439. The van der Waals surface area contributed by atoms with E-state index in [0.29, 0.717) is 19.0 Å². The molecule has 0 radical (unpaired) electrons. The highest BCUT2D eigenvalue weighted by atomic mass is 32.1. The predicted octanol–water partition coefficient (Wildman–Crippen LogP) is 5.12. The molecule has 0 spiro atoms. The number of rotatable bonds is 4. The molecule has 2 aromatic carbocycles. The third kappa shape index (κ3) is 3.52. The van der Waals surface area contributed by atoms with Gasteiger partial charge in [0.05, 0.1) is 23.0 Å². The van der Waals surface area contributed by atoms with Crippen molar-refractivity contribution >= 4 is 33.3 Å². The zero-order valence-electron chi connectivity index (χ0n) is 17.6. The number of thiophene rings is 1. The van der Waals surface area contributed by atoms with E-state index < -0.39 is 0 Å². The van der Waals surface area contributed by atoms with Crippen molar-refractivity contribution < 1.29 is 14.3 Å². The topological polar surface area (TPSA) is 76.2 Å². The predicted molar refractivity (Wildman–Crippen MR) is 126 cm³/mol. The number of amides is 1. The molecule has 0 unspecified atom stereocenters. The minimum Gasteiger partial charge on any atom is -0.486 e. The lowest BCUT2D eigenvalue weighted by Gasteiger charge is -2.18. The fourth-order valence-electron chi connectivity index (χ4n) is 4.53. The number of carbonyl (C=O) groups is 1. The van der Waals surface area contributed by atoms with Crippen LogP contribution in [0.1, 0.15) is 28.8 Å². The Morgan fingerprint density at radius 2 is 1.91 bits per heavy atom. The first kappa shape index (κ1) is 19.4. The lowest BCUT2D eigenvalue weighted by molar-refractivity contribution is -0.115. The van der Waals surface area contributed by atoms with Crippen molar-refractivity contribution in [2.24, 2.45) is 0 Å². The molecule has 162 valence electrons. The second kappa shape index (κ2) is 7.98. The van der Waals surface area contributed by atoms with Crippen molar-refractivity contribution in [3.05, 3.63) is 58.5 Å². The normalized spacial score (nSPS) is 14.9. The first-order valence-corrected chi connectivity index (χ1v) is 11.8. The van der Waals surface area contributed by atoms with E-state index in [9.17, 15) is 4.79 Å². The Hall–Kier alpha value is -3.32. The summed E-state index contributed by atoms with van der Waals surface area (Å²) in [6.07, 6.45) is 4.72. The number of anilines is 1. The maximum absolute atomic E-state index is 13.0. The zero-order valence-corrected chi connectivity index (χ0v) is 18.4. The second-order valence-electron chi connectivity index (χ2n) is 8.22. The third-order valence-electron chi connectivity index (χ3n) is 6.02. The van der Waals surface area contributed by atoms with Gasteiger partial charge in [-0.15, -0.1) is 11.3 Å². The second-order valence-corrected chi connectivity index (χ2v) is 9.33. The van der Waals surface area contributed by atoms with Crippen LogP contribution >= 0.6 is 11.3 Å². The summed E-state index contributed by atoms with van der Waals surface area (Å²) < 4.78 is 11.2. The molecule has 6 nitrogen and oxygen atoms in total. The van der Waals surface area contributed by atoms with Gasteiger partial charge in [-0.2, -0.15) is 0 Å². The van der Waals surface area contributed by atoms with Crippen LogP contribution in [0, 0.1) is 0 Å².